The number of ether oxygens (including phenoxy) is 1. The van der Waals surface area contributed by atoms with E-state index in [4.69, 9.17) is 4.74 Å². The number of hydrogen-bond acceptors (Lipinski definition) is 5. The summed E-state index contributed by atoms with van der Waals surface area (Å²) in [7, 11) is 1.75. The predicted octanol–water partition coefficient (Wildman–Crippen LogP) is 5.54. The number of carbonyl (C=O) groups is 2. The number of hydrogen-bond donors (Lipinski definition) is 2. The van der Waals surface area contributed by atoms with E-state index < -0.39 is 12.0 Å². The van der Waals surface area contributed by atoms with E-state index in [0.717, 1.165) is 54.5 Å². The number of likely N-dealkylation sites (tertiary alicyclic amines) is 1. The average molecular weight is 525 g/mol. The third-order valence-electron chi connectivity index (χ3n) is 7.18. The van der Waals surface area contributed by atoms with Crippen molar-refractivity contribution in [3.05, 3.63) is 71.8 Å². The monoisotopic (exact) mass is 524 g/mol. The van der Waals surface area contributed by atoms with Gasteiger partial charge in [0.1, 0.15) is 6.04 Å². The second kappa shape index (κ2) is 14.4. The zero-order valence-electron chi connectivity index (χ0n) is 22.2. The summed E-state index contributed by atoms with van der Waals surface area (Å²) in [6.07, 6.45) is 8.58. The van der Waals surface area contributed by atoms with Crippen LogP contribution in [0, 0.1) is 6.92 Å². The van der Waals surface area contributed by atoms with Crippen molar-refractivity contribution in [1.29, 1.82) is 0 Å². The normalized spacial score (nSPS) is 18.5. The summed E-state index contributed by atoms with van der Waals surface area (Å²) in [6, 6.07) is 13.8. The number of rotatable bonds is 14. The molecule has 0 aromatic heterocycles. The van der Waals surface area contributed by atoms with Crippen LogP contribution in [0.15, 0.2) is 55.1 Å². The van der Waals surface area contributed by atoms with Gasteiger partial charge in [-0.15, -0.1) is 6.58 Å². The quantitative estimate of drug-likeness (QED) is 0.316. The Hall–Kier alpha value is -2.61. The maximum Gasteiger partial charge on any atom is 0.326 e. The Morgan fingerprint density at radius 1 is 1.22 bits per heavy atom. The van der Waals surface area contributed by atoms with Gasteiger partial charge < -0.3 is 15.2 Å². The van der Waals surface area contributed by atoms with E-state index in [1.165, 1.54) is 0 Å². The summed E-state index contributed by atoms with van der Waals surface area (Å²) in [5.41, 5.74) is 4.48. The molecule has 1 aliphatic heterocycles. The Kier molecular flexibility index (Phi) is 11.2. The lowest BCUT2D eigenvalue weighted by Crippen LogP contribution is -2.41. The first-order valence-corrected chi connectivity index (χ1v) is 14.4. The fourth-order valence-corrected chi connectivity index (χ4v) is 5.66. The number of carbonyl (C=O) groups excluding carboxylic acids is 1. The van der Waals surface area contributed by atoms with Crippen LogP contribution in [0.5, 0.6) is 0 Å². The zero-order chi connectivity index (χ0) is 26.8. The van der Waals surface area contributed by atoms with Crippen molar-refractivity contribution in [1.82, 2.24) is 10.2 Å². The topological polar surface area (TPSA) is 78.9 Å². The molecule has 0 radical (unpaired) electrons. The van der Waals surface area contributed by atoms with Gasteiger partial charge in [-0.2, -0.15) is 11.8 Å². The van der Waals surface area contributed by atoms with E-state index in [1.54, 1.807) is 18.9 Å². The number of thioether (sulfide) groups is 1. The molecule has 6 nitrogen and oxygen atoms in total. The van der Waals surface area contributed by atoms with E-state index in [-0.39, 0.29) is 5.91 Å². The van der Waals surface area contributed by atoms with Crippen LogP contribution in [0.25, 0.3) is 11.1 Å². The standard InChI is InChI=1S/C30H40N2O4S/c1-5-6-10-23-13-14-24(20-36-3)32(23)19-22-12-15-26(27(18-22)25-11-8-7-9-21(25)2)29(33)31-28(30(34)35)16-17-37-4/h5,7-9,11-12,15,18,23-24,28H,1,6,10,13-14,16-17,19-20H2,2-4H3,(H,31,33)(H,34,35)/t23-,24-,28?/m1/s1. The fraction of sp³-hybridized carbons (Fsp3) is 0.467. The number of nitrogens with one attached hydrogen (secondary N) is 1. The highest BCUT2D eigenvalue weighted by molar-refractivity contribution is 7.98. The lowest BCUT2D eigenvalue weighted by molar-refractivity contribution is -0.139. The summed E-state index contributed by atoms with van der Waals surface area (Å²) in [5, 5.41) is 12.4. The number of allylic oxidation sites excluding steroid dienone is 1. The number of carboxylic acid groups (broad SMARTS) is 1. The Bertz CT molecular complexity index is 1070. The largest absolute Gasteiger partial charge is 0.480 e. The molecule has 1 aliphatic rings. The molecule has 7 heteroatoms. The number of benzene rings is 2. The van der Waals surface area contributed by atoms with E-state index in [9.17, 15) is 14.7 Å². The van der Waals surface area contributed by atoms with Crippen LogP contribution >= 0.6 is 11.8 Å². The molecule has 0 spiro atoms. The van der Waals surface area contributed by atoms with Crippen molar-refractivity contribution in [2.24, 2.45) is 0 Å². The first kappa shape index (κ1) is 29.0. The van der Waals surface area contributed by atoms with E-state index in [2.05, 4.69) is 22.9 Å². The van der Waals surface area contributed by atoms with Crippen LogP contribution in [-0.2, 0) is 16.1 Å². The molecular weight excluding hydrogens is 484 g/mol. The van der Waals surface area contributed by atoms with E-state index >= 15 is 0 Å². The zero-order valence-corrected chi connectivity index (χ0v) is 23.1. The van der Waals surface area contributed by atoms with Gasteiger partial charge in [-0.1, -0.05) is 36.4 Å². The highest BCUT2D eigenvalue weighted by atomic mass is 32.2. The minimum atomic E-state index is -1.01. The van der Waals surface area contributed by atoms with Crippen molar-refractivity contribution in [3.63, 3.8) is 0 Å². The predicted molar refractivity (Wildman–Crippen MR) is 152 cm³/mol. The first-order chi connectivity index (χ1) is 17.9. The molecule has 1 fully saturated rings. The Morgan fingerprint density at radius 2 is 1.97 bits per heavy atom. The molecule has 1 amide bonds. The van der Waals surface area contributed by atoms with Crippen molar-refractivity contribution in [2.45, 2.75) is 63.7 Å². The van der Waals surface area contributed by atoms with Crippen LogP contribution in [0.3, 0.4) is 0 Å². The average Bonchev–Trinajstić information content (AvgIpc) is 3.26. The lowest BCUT2D eigenvalue weighted by Gasteiger charge is -2.30. The highest BCUT2D eigenvalue weighted by Crippen LogP contribution is 2.32. The van der Waals surface area contributed by atoms with Crippen LogP contribution in [0.4, 0.5) is 0 Å². The minimum Gasteiger partial charge on any atom is -0.480 e. The third kappa shape index (κ3) is 7.69. The molecule has 2 aromatic rings. The van der Waals surface area contributed by atoms with Gasteiger partial charge in [-0.3, -0.25) is 9.69 Å². The molecule has 0 bridgehead atoms. The van der Waals surface area contributed by atoms with Gasteiger partial charge in [-0.25, -0.2) is 4.79 Å². The van der Waals surface area contributed by atoms with Crippen molar-refractivity contribution in [2.75, 3.05) is 25.7 Å². The van der Waals surface area contributed by atoms with Crippen LogP contribution in [0.2, 0.25) is 0 Å². The number of amides is 1. The number of carboxylic acids is 1. The SMILES string of the molecule is C=CCC[C@@H]1CC[C@H](COC)N1Cc1ccc(C(=O)NC(CCSC)C(=O)O)c(-c2ccccc2C)c1. The molecule has 2 aromatic carbocycles. The molecule has 0 aliphatic carbocycles. The second-order valence-corrected chi connectivity index (χ2v) is 10.7. The minimum absolute atomic E-state index is 0.359. The fourth-order valence-electron chi connectivity index (χ4n) is 5.19. The highest BCUT2D eigenvalue weighted by Gasteiger charge is 2.33. The van der Waals surface area contributed by atoms with Crippen LogP contribution < -0.4 is 5.32 Å². The molecule has 200 valence electrons. The van der Waals surface area contributed by atoms with Gasteiger partial charge in [0.05, 0.1) is 6.61 Å². The van der Waals surface area contributed by atoms with Gasteiger partial charge in [0, 0.05) is 31.3 Å². The summed E-state index contributed by atoms with van der Waals surface area (Å²) in [4.78, 5) is 27.7. The van der Waals surface area contributed by atoms with Crippen molar-refractivity contribution >= 4 is 23.6 Å². The Balaban J connectivity index is 1.95. The number of methoxy groups -OCH3 is 1. The first-order valence-electron chi connectivity index (χ1n) is 13.0. The molecule has 1 saturated heterocycles. The van der Waals surface area contributed by atoms with E-state index in [1.807, 2.05) is 55.7 Å². The van der Waals surface area contributed by atoms with Crippen LogP contribution in [0.1, 0.15) is 53.6 Å². The summed E-state index contributed by atoms with van der Waals surface area (Å²) in [5.74, 6) is -0.715. The third-order valence-corrected chi connectivity index (χ3v) is 7.82. The summed E-state index contributed by atoms with van der Waals surface area (Å²) >= 11 is 1.56. The Labute approximate surface area is 225 Å². The van der Waals surface area contributed by atoms with Crippen molar-refractivity contribution in [3.8, 4) is 11.1 Å². The molecule has 0 saturated carbocycles. The summed E-state index contributed by atoms with van der Waals surface area (Å²) < 4.78 is 5.53. The van der Waals surface area contributed by atoms with Gasteiger partial charge in [0.25, 0.3) is 5.91 Å². The number of aliphatic carboxylic acids is 1. The van der Waals surface area contributed by atoms with Gasteiger partial charge in [-0.05, 0) is 85.4 Å². The number of aryl methyl sites for hydroxylation is 1. The van der Waals surface area contributed by atoms with Gasteiger partial charge in [0.2, 0.25) is 0 Å². The second-order valence-electron chi connectivity index (χ2n) is 9.72. The maximum atomic E-state index is 13.4. The molecular formula is C30H40N2O4S. The summed E-state index contributed by atoms with van der Waals surface area (Å²) in [6.45, 7) is 7.39. The smallest absolute Gasteiger partial charge is 0.326 e. The van der Waals surface area contributed by atoms with E-state index in [0.29, 0.717) is 36.4 Å². The van der Waals surface area contributed by atoms with Crippen molar-refractivity contribution < 1.29 is 19.4 Å². The number of nitrogens with zero attached hydrogens (tertiary/aromatic N) is 1. The molecule has 2 N–H and O–H groups in total. The van der Waals surface area contributed by atoms with Gasteiger partial charge in [0.15, 0.2) is 0 Å². The molecule has 37 heavy (non-hydrogen) atoms. The Morgan fingerprint density at radius 3 is 2.65 bits per heavy atom. The lowest BCUT2D eigenvalue weighted by atomic mass is 9.93. The molecule has 1 heterocycles. The molecule has 1 unspecified atom stereocenters. The molecule has 3 rings (SSSR count). The van der Waals surface area contributed by atoms with Crippen LogP contribution in [-0.4, -0.2) is 65.7 Å². The maximum absolute atomic E-state index is 13.4. The van der Waals surface area contributed by atoms with Gasteiger partial charge >= 0.3 is 5.97 Å². The molecule has 3 atom stereocenters.